The van der Waals surface area contributed by atoms with Gasteiger partial charge in [0.25, 0.3) is 5.91 Å². The van der Waals surface area contributed by atoms with Crippen LogP contribution in [0.1, 0.15) is 43.0 Å². The molecule has 1 amide bonds. The molecule has 0 radical (unpaired) electrons. The number of hydrogen-bond donors (Lipinski definition) is 2. The van der Waals surface area contributed by atoms with Gasteiger partial charge < -0.3 is 14.8 Å². The Labute approximate surface area is 283 Å². The van der Waals surface area contributed by atoms with Crippen LogP contribution in [0.3, 0.4) is 0 Å². The number of benzene rings is 6. The van der Waals surface area contributed by atoms with Crippen LogP contribution in [0.15, 0.2) is 167 Å². The predicted octanol–water partition coefficient (Wildman–Crippen LogP) is 8.67. The SMILES string of the molecule is O=C(Nc1ccccc1C(=O)O)c1ccc(Cc2ccccc2)cc1.O=c1oc(-c2ccc(Cc3ccccc3)cc2)nc2ccccc12. The summed E-state index contributed by atoms with van der Waals surface area (Å²) in [6.45, 7) is 0. The molecular weight excluding hydrogens is 612 g/mol. The van der Waals surface area contributed by atoms with Crippen LogP contribution < -0.4 is 10.9 Å². The number of amides is 1. The van der Waals surface area contributed by atoms with Gasteiger partial charge >= 0.3 is 11.6 Å². The van der Waals surface area contributed by atoms with E-state index in [1.54, 1.807) is 42.5 Å². The van der Waals surface area contributed by atoms with Gasteiger partial charge in [0.2, 0.25) is 5.89 Å². The van der Waals surface area contributed by atoms with E-state index in [9.17, 15) is 19.5 Å². The summed E-state index contributed by atoms with van der Waals surface area (Å²) in [5.74, 6) is -1.06. The summed E-state index contributed by atoms with van der Waals surface area (Å²) >= 11 is 0. The van der Waals surface area contributed by atoms with Crippen molar-refractivity contribution in [3.63, 3.8) is 0 Å². The molecule has 0 aliphatic rings. The second-order valence-electron chi connectivity index (χ2n) is 11.3. The number of carboxylic acids is 1. The Hall–Kier alpha value is -6.60. The lowest BCUT2D eigenvalue weighted by atomic mass is 10.0. The Kier molecular flexibility index (Phi) is 10.1. The molecule has 1 aromatic heterocycles. The number of nitrogens with zero attached hydrogens (tertiary/aromatic N) is 1. The number of fused-ring (bicyclic) bond motifs is 1. The Morgan fingerprint density at radius 3 is 1.71 bits per heavy atom. The normalized spacial score (nSPS) is 10.5. The van der Waals surface area contributed by atoms with Gasteiger partial charge in [0.15, 0.2) is 0 Å². The Bertz CT molecular complexity index is 2250. The Morgan fingerprint density at radius 1 is 0.592 bits per heavy atom. The molecule has 7 nitrogen and oxygen atoms in total. The third-order valence-corrected chi connectivity index (χ3v) is 7.86. The lowest BCUT2D eigenvalue weighted by Gasteiger charge is -2.09. The number of rotatable bonds is 8. The Morgan fingerprint density at radius 2 is 1.10 bits per heavy atom. The number of carbonyl (C=O) groups is 2. The molecule has 0 atom stereocenters. The summed E-state index contributed by atoms with van der Waals surface area (Å²) in [6.07, 6.45) is 1.67. The van der Waals surface area contributed by atoms with Crippen molar-refractivity contribution in [1.82, 2.24) is 4.98 Å². The van der Waals surface area contributed by atoms with Crippen molar-refractivity contribution >= 4 is 28.5 Å². The third kappa shape index (κ3) is 8.41. The first-order chi connectivity index (χ1) is 23.9. The number of carbonyl (C=O) groups excluding carboxylic acids is 1. The van der Waals surface area contributed by atoms with Crippen LogP contribution in [0.2, 0.25) is 0 Å². The highest BCUT2D eigenvalue weighted by Crippen LogP contribution is 2.21. The van der Waals surface area contributed by atoms with Crippen LogP contribution in [0, 0.1) is 0 Å². The molecule has 7 heteroatoms. The van der Waals surface area contributed by atoms with E-state index >= 15 is 0 Å². The molecule has 49 heavy (non-hydrogen) atoms. The summed E-state index contributed by atoms with van der Waals surface area (Å²) in [7, 11) is 0. The smallest absolute Gasteiger partial charge is 0.347 e. The second-order valence-corrected chi connectivity index (χ2v) is 11.3. The third-order valence-electron chi connectivity index (χ3n) is 7.86. The van der Waals surface area contributed by atoms with Gasteiger partial charge in [-0.1, -0.05) is 109 Å². The van der Waals surface area contributed by atoms with E-state index in [1.807, 2.05) is 84.9 Å². The van der Waals surface area contributed by atoms with E-state index in [-0.39, 0.29) is 22.8 Å². The highest BCUT2D eigenvalue weighted by atomic mass is 16.4. The van der Waals surface area contributed by atoms with Crippen LogP contribution in [0.5, 0.6) is 0 Å². The van der Waals surface area contributed by atoms with E-state index < -0.39 is 5.97 Å². The zero-order chi connectivity index (χ0) is 34.0. The molecule has 0 saturated heterocycles. The van der Waals surface area contributed by atoms with E-state index in [1.165, 1.54) is 22.8 Å². The number of nitrogens with one attached hydrogen (secondary N) is 1. The van der Waals surface area contributed by atoms with Crippen LogP contribution in [0.4, 0.5) is 5.69 Å². The number of para-hydroxylation sites is 2. The predicted molar refractivity (Wildman–Crippen MR) is 192 cm³/mol. The van der Waals surface area contributed by atoms with Crippen molar-refractivity contribution in [2.45, 2.75) is 12.8 Å². The molecule has 0 aliphatic carbocycles. The van der Waals surface area contributed by atoms with Crippen molar-refractivity contribution in [1.29, 1.82) is 0 Å². The molecule has 2 N–H and O–H groups in total. The summed E-state index contributed by atoms with van der Waals surface area (Å²) < 4.78 is 5.37. The number of hydrogen-bond acceptors (Lipinski definition) is 5. The van der Waals surface area contributed by atoms with Gasteiger partial charge in [0.1, 0.15) is 0 Å². The molecule has 1 heterocycles. The first-order valence-corrected chi connectivity index (χ1v) is 15.7. The fourth-order valence-electron chi connectivity index (χ4n) is 5.32. The van der Waals surface area contributed by atoms with Gasteiger partial charge in [0, 0.05) is 11.1 Å². The maximum absolute atomic E-state index is 12.4. The molecule has 7 rings (SSSR count). The largest absolute Gasteiger partial charge is 0.478 e. The van der Waals surface area contributed by atoms with Crippen LogP contribution in [0.25, 0.3) is 22.4 Å². The maximum Gasteiger partial charge on any atom is 0.347 e. The number of carboxylic acid groups (broad SMARTS) is 1. The number of aromatic carboxylic acids is 1. The van der Waals surface area contributed by atoms with Crippen molar-refractivity contribution < 1.29 is 19.1 Å². The van der Waals surface area contributed by atoms with Crippen LogP contribution >= 0.6 is 0 Å². The molecule has 0 bridgehead atoms. The van der Waals surface area contributed by atoms with E-state index in [2.05, 4.69) is 34.6 Å². The average molecular weight is 645 g/mol. The fraction of sp³-hybridized carbons (Fsp3) is 0.0476. The molecule has 0 fully saturated rings. The van der Waals surface area contributed by atoms with Gasteiger partial charge in [-0.15, -0.1) is 0 Å². The van der Waals surface area contributed by atoms with E-state index in [0.717, 1.165) is 24.0 Å². The first kappa shape index (κ1) is 32.3. The molecule has 6 aromatic carbocycles. The minimum Gasteiger partial charge on any atom is -0.478 e. The molecular formula is C42H32N2O5. The molecule has 0 aliphatic heterocycles. The van der Waals surface area contributed by atoms with Gasteiger partial charge in [-0.25, -0.2) is 14.6 Å². The van der Waals surface area contributed by atoms with Gasteiger partial charge in [-0.05, 0) is 83.6 Å². The maximum atomic E-state index is 12.4. The minimum atomic E-state index is -1.07. The molecule has 7 aromatic rings. The zero-order valence-electron chi connectivity index (χ0n) is 26.5. The molecule has 0 spiro atoms. The fourth-order valence-corrected chi connectivity index (χ4v) is 5.32. The minimum absolute atomic E-state index is 0.0662. The zero-order valence-corrected chi connectivity index (χ0v) is 26.5. The van der Waals surface area contributed by atoms with Crippen LogP contribution in [-0.2, 0) is 12.8 Å². The van der Waals surface area contributed by atoms with Crippen molar-refractivity contribution in [3.8, 4) is 11.5 Å². The van der Waals surface area contributed by atoms with E-state index in [0.29, 0.717) is 22.4 Å². The highest BCUT2D eigenvalue weighted by Gasteiger charge is 2.13. The summed E-state index contributed by atoms with van der Waals surface area (Å²) in [6, 6.07) is 49.2. The quantitative estimate of drug-likeness (QED) is 0.171. The number of anilines is 1. The van der Waals surface area contributed by atoms with Crippen molar-refractivity contribution in [2.75, 3.05) is 5.32 Å². The van der Waals surface area contributed by atoms with Gasteiger partial charge in [-0.2, -0.15) is 0 Å². The molecule has 240 valence electrons. The van der Waals surface area contributed by atoms with Crippen LogP contribution in [-0.4, -0.2) is 22.0 Å². The highest BCUT2D eigenvalue weighted by molar-refractivity contribution is 6.07. The van der Waals surface area contributed by atoms with Crippen molar-refractivity contribution in [2.24, 2.45) is 0 Å². The summed E-state index contributed by atoms with van der Waals surface area (Å²) in [5, 5.41) is 12.3. The molecule has 0 saturated carbocycles. The van der Waals surface area contributed by atoms with Crippen molar-refractivity contribution in [3.05, 3.63) is 202 Å². The lowest BCUT2D eigenvalue weighted by molar-refractivity contribution is 0.0698. The standard InChI is InChI=1S/C21H17NO3.C21H15NO2/c23-20(22-19-9-5-4-8-18(19)21(24)25)17-12-10-16(11-13-17)14-15-6-2-1-3-7-15;23-21-18-8-4-5-9-19(18)22-20(24-21)17-12-10-16(11-13-17)14-15-6-2-1-3-7-15/h1-13H,14H2,(H,22,23)(H,24,25);1-13H,14H2. The van der Waals surface area contributed by atoms with E-state index in [4.69, 9.17) is 4.42 Å². The van der Waals surface area contributed by atoms with Gasteiger partial charge in [0.05, 0.1) is 22.2 Å². The second kappa shape index (κ2) is 15.3. The lowest BCUT2D eigenvalue weighted by Crippen LogP contribution is -2.14. The topological polar surface area (TPSA) is 110 Å². The first-order valence-electron chi connectivity index (χ1n) is 15.7. The van der Waals surface area contributed by atoms with Gasteiger partial charge in [-0.3, -0.25) is 4.79 Å². The number of aromatic nitrogens is 1. The Balaban J connectivity index is 0.000000170. The average Bonchev–Trinajstić information content (AvgIpc) is 3.13. The molecule has 0 unspecified atom stereocenters. The summed E-state index contributed by atoms with van der Waals surface area (Å²) in [4.78, 5) is 40.1. The summed E-state index contributed by atoms with van der Waals surface area (Å²) in [5.41, 5.74) is 6.70. The monoisotopic (exact) mass is 644 g/mol.